The first-order valence-electron chi connectivity index (χ1n) is 14.4. The summed E-state index contributed by atoms with van der Waals surface area (Å²) in [7, 11) is 0. The van der Waals surface area contributed by atoms with E-state index in [2.05, 4.69) is 24.8 Å². The quantitative estimate of drug-likeness (QED) is 0.318. The molecule has 0 radical (unpaired) electrons. The Morgan fingerprint density at radius 1 is 1.19 bits per heavy atom. The van der Waals surface area contributed by atoms with Gasteiger partial charge in [0.05, 0.1) is 39.7 Å². The minimum absolute atomic E-state index is 0.0207. The molecule has 224 valence electrons. The maximum atomic E-state index is 13.4. The van der Waals surface area contributed by atoms with E-state index in [9.17, 15) is 9.59 Å². The summed E-state index contributed by atoms with van der Waals surface area (Å²) in [6, 6.07) is 3.55. The van der Waals surface area contributed by atoms with Crippen LogP contribution in [-0.2, 0) is 17.7 Å². The number of carbonyl (C=O) groups is 1. The number of carbonyl (C=O) groups excluding carboxylic acids is 1. The van der Waals surface area contributed by atoms with E-state index in [4.69, 9.17) is 27.8 Å². The van der Waals surface area contributed by atoms with Crippen LogP contribution in [-0.4, -0.2) is 56.7 Å². The molecule has 1 aromatic carbocycles. The second-order valence-corrected chi connectivity index (χ2v) is 13.9. The van der Waals surface area contributed by atoms with Gasteiger partial charge in [-0.05, 0) is 55.6 Å². The molecule has 2 fully saturated rings. The lowest BCUT2D eigenvalue weighted by Crippen LogP contribution is -2.45. The number of benzene rings is 1. The Labute approximate surface area is 261 Å². The fourth-order valence-corrected chi connectivity index (χ4v) is 8.67. The topological polar surface area (TPSA) is 155 Å². The summed E-state index contributed by atoms with van der Waals surface area (Å²) in [5.41, 5.74) is 15.9. The molecule has 1 aliphatic carbocycles. The summed E-state index contributed by atoms with van der Waals surface area (Å²) < 4.78 is 7.08. The standard InChI is InChI=1S/C29H31ClN8O3S2/c30-22-19(2-1-17-21(22)28(40)38(14-34-17)13-16-3-9-41-10-4-16)43-20-12-33-27(23(36-20)26(32)39)37-7-5-29(6-8-37)11-18-24(25(29)31)42-15-35-18/h1-2,12,14-16,25H,3-11,13,31H2,(H2,32,39)/t25-/m1/s1. The average Bonchev–Trinajstić information content (AvgIpc) is 3.57. The minimum atomic E-state index is -0.654. The highest BCUT2D eigenvalue weighted by Crippen LogP contribution is 2.52. The normalized spacial score (nSPS) is 20.1. The number of primary amides is 1. The van der Waals surface area contributed by atoms with Crippen LogP contribution in [0.5, 0.6) is 0 Å². The van der Waals surface area contributed by atoms with Gasteiger partial charge in [0.2, 0.25) is 0 Å². The third kappa shape index (κ3) is 5.20. The van der Waals surface area contributed by atoms with Gasteiger partial charge >= 0.3 is 0 Å². The lowest BCUT2D eigenvalue weighted by Gasteiger charge is -2.42. The van der Waals surface area contributed by atoms with Crippen molar-refractivity contribution < 1.29 is 9.53 Å². The van der Waals surface area contributed by atoms with Crippen molar-refractivity contribution in [2.75, 3.05) is 31.2 Å². The number of fused-ring (bicyclic) bond motifs is 2. The number of halogens is 1. The van der Waals surface area contributed by atoms with E-state index in [1.165, 1.54) is 16.6 Å². The van der Waals surface area contributed by atoms with E-state index in [-0.39, 0.29) is 22.7 Å². The SMILES string of the molecule is NC(=O)c1nc(Sc2ccc3ncn(CC4CCOCC4)c(=O)c3c2Cl)cnc1N1CCC2(CC1)Cc1ncsc1[C@H]2N. The van der Waals surface area contributed by atoms with Crippen molar-refractivity contribution in [3.05, 3.63) is 61.8 Å². The van der Waals surface area contributed by atoms with Gasteiger partial charge in [-0.25, -0.2) is 19.9 Å². The number of nitrogens with zero attached hydrogens (tertiary/aromatic N) is 6. The van der Waals surface area contributed by atoms with Gasteiger partial charge in [-0.3, -0.25) is 14.2 Å². The smallest absolute Gasteiger partial charge is 0.271 e. The van der Waals surface area contributed by atoms with Crippen molar-refractivity contribution in [2.24, 2.45) is 22.8 Å². The summed E-state index contributed by atoms with van der Waals surface area (Å²) in [6.07, 6.45) is 7.63. The first-order chi connectivity index (χ1) is 20.8. The number of hydrogen-bond acceptors (Lipinski definition) is 11. The molecule has 0 bridgehead atoms. The molecule has 7 rings (SSSR count). The lowest BCUT2D eigenvalue weighted by atomic mass is 9.74. The predicted molar refractivity (Wildman–Crippen MR) is 166 cm³/mol. The van der Waals surface area contributed by atoms with Crippen LogP contribution in [0.3, 0.4) is 0 Å². The van der Waals surface area contributed by atoms with Gasteiger partial charge in [0.25, 0.3) is 11.5 Å². The summed E-state index contributed by atoms with van der Waals surface area (Å²) in [5, 5.41) is 1.11. The summed E-state index contributed by atoms with van der Waals surface area (Å²) in [4.78, 5) is 48.1. The molecule has 3 aliphatic rings. The fraction of sp³-hybridized carbons (Fsp3) is 0.448. The van der Waals surface area contributed by atoms with Crippen molar-refractivity contribution >= 4 is 57.3 Å². The molecular formula is C29H31ClN8O3S2. The van der Waals surface area contributed by atoms with E-state index in [0.717, 1.165) is 37.8 Å². The van der Waals surface area contributed by atoms with Gasteiger partial charge in [0, 0.05) is 48.7 Å². The Bertz CT molecular complexity index is 1760. The Morgan fingerprint density at radius 3 is 2.72 bits per heavy atom. The number of piperidine rings is 1. The van der Waals surface area contributed by atoms with Gasteiger partial charge < -0.3 is 21.1 Å². The Hall–Kier alpha value is -3.10. The van der Waals surface area contributed by atoms with Crippen molar-refractivity contribution in [3.8, 4) is 0 Å². The second-order valence-electron chi connectivity index (χ2n) is 11.5. The van der Waals surface area contributed by atoms with E-state index in [1.54, 1.807) is 40.6 Å². The number of rotatable bonds is 6. The number of thiazole rings is 1. The van der Waals surface area contributed by atoms with Crippen LogP contribution in [0, 0.1) is 11.3 Å². The molecule has 2 aliphatic heterocycles. The molecule has 11 nitrogen and oxygen atoms in total. The number of amides is 1. The Morgan fingerprint density at radius 2 is 1.98 bits per heavy atom. The first-order valence-corrected chi connectivity index (χ1v) is 16.4. The average molecular weight is 639 g/mol. The van der Waals surface area contributed by atoms with E-state index in [1.807, 2.05) is 5.51 Å². The van der Waals surface area contributed by atoms with E-state index < -0.39 is 5.91 Å². The van der Waals surface area contributed by atoms with Crippen molar-refractivity contribution in [1.82, 2.24) is 24.5 Å². The van der Waals surface area contributed by atoms with Crippen LogP contribution < -0.4 is 21.9 Å². The number of aromatic nitrogens is 5. The number of ether oxygens (including phenoxy) is 1. The molecular weight excluding hydrogens is 608 g/mol. The largest absolute Gasteiger partial charge is 0.381 e. The Balaban J connectivity index is 1.11. The molecule has 1 amide bonds. The van der Waals surface area contributed by atoms with Crippen LogP contribution in [0.15, 0.2) is 44.9 Å². The molecule has 0 unspecified atom stereocenters. The highest BCUT2D eigenvalue weighted by atomic mass is 35.5. The zero-order chi connectivity index (χ0) is 29.7. The van der Waals surface area contributed by atoms with E-state index >= 15 is 0 Å². The van der Waals surface area contributed by atoms with Gasteiger partial charge in [0.15, 0.2) is 11.5 Å². The third-order valence-electron chi connectivity index (χ3n) is 9.06. The van der Waals surface area contributed by atoms with Crippen LogP contribution >= 0.6 is 34.7 Å². The third-order valence-corrected chi connectivity index (χ3v) is 11.5. The summed E-state index contributed by atoms with van der Waals surface area (Å²) in [5.74, 6) is 0.170. The Kier molecular flexibility index (Phi) is 7.62. The zero-order valence-corrected chi connectivity index (χ0v) is 25.8. The van der Waals surface area contributed by atoms with Crippen molar-refractivity contribution in [3.63, 3.8) is 0 Å². The number of anilines is 1. The van der Waals surface area contributed by atoms with Crippen LogP contribution in [0.4, 0.5) is 5.82 Å². The molecule has 2 saturated heterocycles. The van der Waals surface area contributed by atoms with Crippen LogP contribution in [0.2, 0.25) is 5.02 Å². The molecule has 43 heavy (non-hydrogen) atoms. The molecule has 1 spiro atoms. The molecule has 3 aromatic heterocycles. The molecule has 5 heterocycles. The number of nitrogens with two attached hydrogens (primary N) is 2. The minimum Gasteiger partial charge on any atom is -0.381 e. The molecule has 4 aromatic rings. The molecule has 4 N–H and O–H groups in total. The maximum Gasteiger partial charge on any atom is 0.271 e. The number of hydrogen-bond donors (Lipinski definition) is 2. The second kappa shape index (κ2) is 11.4. The van der Waals surface area contributed by atoms with Crippen molar-refractivity contribution in [2.45, 2.75) is 54.6 Å². The highest BCUT2D eigenvalue weighted by molar-refractivity contribution is 7.99. The molecule has 0 saturated carbocycles. The van der Waals surface area contributed by atoms with Crippen LogP contribution in [0.1, 0.15) is 52.8 Å². The highest BCUT2D eigenvalue weighted by Gasteiger charge is 2.47. The zero-order valence-electron chi connectivity index (χ0n) is 23.4. The monoisotopic (exact) mass is 638 g/mol. The summed E-state index contributed by atoms with van der Waals surface area (Å²) in [6.45, 7) is 3.36. The first kappa shape index (κ1) is 28.7. The van der Waals surface area contributed by atoms with Gasteiger partial charge in [0.1, 0.15) is 5.03 Å². The molecule has 1 atom stereocenters. The van der Waals surface area contributed by atoms with Gasteiger partial charge in [-0.2, -0.15) is 0 Å². The van der Waals surface area contributed by atoms with Gasteiger partial charge in [-0.1, -0.05) is 23.4 Å². The van der Waals surface area contributed by atoms with Crippen LogP contribution in [0.25, 0.3) is 10.9 Å². The predicted octanol–water partition coefficient (Wildman–Crippen LogP) is 3.82. The van der Waals surface area contributed by atoms with E-state index in [0.29, 0.717) is 70.4 Å². The molecule has 14 heteroatoms. The lowest BCUT2D eigenvalue weighted by molar-refractivity contribution is 0.0609. The fourth-order valence-electron chi connectivity index (χ4n) is 6.56. The van der Waals surface area contributed by atoms with Crippen molar-refractivity contribution in [1.29, 1.82) is 0 Å². The van der Waals surface area contributed by atoms with Gasteiger partial charge in [-0.15, -0.1) is 11.3 Å². The summed E-state index contributed by atoms with van der Waals surface area (Å²) >= 11 is 9.67. The maximum absolute atomic E-state index is 13.4.